The number of rotatable bonds is 3. The zero-order valence-electron chi connectivity index (χ0n) is 13.9. The number of aromatic nitrogens is 1. The molecule has 0 bridgehead atoms. The SMILES string of the molecule is CC(=O)N1CCN(c2ccc(NC(=O)c3ccccc3Cl)nc2)CC1. The van der Waals surface area contributed by atoms with E-state index in [1.807, 2.05) is 11.0 Å². The van der Waals surface area contributed by atoms with Crippen LogP contribution in [0.2, 0.25) is 5.02 Å². The summed E-state index contributed by atoms with van der Waals surface area (Å²) in [5, 5.41) is 3.15. The molecule has 1 aliphatic heterocycles. The highest BCUT2D eigenvalue weighted by molar-refractivity contribution is 6.34. The van der Waals surface area contributed by atoms with E-state index in [1.54, 1.807) is 43.5 Å². The van der Waals surface area contributed by atoms with Crippen molar-refractivity contribution in [2.45, 2.75) is 6.92 Å². The smallest absolute Gasteiger partial charge is 0.258 e. The van der Waals surface area contributed by atoms with Crippen molar-refractivity contribution in [3.63, 3.8) is 0 Å². The van der Waals surface area contributed by atoms with E-state index in [1.165, 1.54) is 0 Å². The molecule has 0 atom stereocenters. The van der Waals surface area contributed by atoms with E-state index < -0.39 is 0 Å². The monoisotopic (exact) mass is 358 g/mol. The fraction of sp³-hybridized carbons (Fsp3) is 0.278. The van der Waals surface area contributed by atoms with Crippen LogP contribution in [-0.4, -0.2) is 47.9 Å². The summed E-state index contributed by atoms with van der Waals surface area (Å²) in [5.74, 6) is 0.285. The molecule has 1 aliphatic rings. The highest BCUT2D eigenvalue weighted by atomic mass is 35.5. The average Bonchev–Trinajstić information content (AvgIpc) is 2.63. The first kappa shape index (κ1) is 17.2. The van der Waals surface area contributed by atoms with Gasteiger partial charge in [-0.3, -0.25) is 9.59 Å². The molecule has 0 radical (unpaired) electrons. The first-order valence-corrected chi connectivity index (χ1v) is 8.45. The Bertz CT molecular complexity index is 771. The van der Waals surface area contributed by atoms with Gasteiger partial charge in [0.25, 0.3) is 5.91 Å². The fourth-order valence-corrected chi connectivity index (χ4v) is 2.98. The van der Waals surface area contributed by atoms with Crippen LogP contribution in [0.5, 0.6) is 0 Å². The second kappa shape index (κ2) is 7.53. The Morgan fingerprint density at radius 3 is 2.40 bits per heavy atom. The van der Waals surface area contributed by atoms with Crippen LogP contribution in [0.4, 0.5) is 11.5 Å². The van der Waals surface area contributed by atoms with Gasteiger partial charge in [0.1, 0.15) is 5.82 Å². The summed E-state index contributed by atoms with van der Waals surface area (Å²) in [7, 11) is 0. The predicted molar refractivity (Wildman–Crippen MR) is 98.1 cm³/mol. The van der Waals surface area contributed by atoms with Gasteiger partial charge in [-0.25, -0.2) is 4.98 Å². The van der Waals surface area contributed by atoms with Crippen LogP contribution in [0.3, 0.4) is 0 Å². The lowest BCUT2D eigenvalue weighted by atomic mass is 10.2. The zero-order chi connectivity index (χ0) is 17.8. The van der Waals surface area contributed by atoms with Gasteiger partial charge < -0.3 is 15.1 Å². The van der Waals surface area contributed by atoms with E-state index in [0.29, 0.717) is 29.5 Å². The number of nitrogens with zero attached hydrogens (tertiary/aromatic N) is 3. The Kier molecular flexibility index (Phi) is 5.19. The van der Waals surface area contributed by atoms with Crippen LogP contribution in [0.1, 0.15) is 17.3 Å². The van der Waals surface area contributed by atoms with E-state index in [4.69, 9.17) is 11.6 Å². The molecule has 1 fully saturated rings. The molecule has 6 nitrogen and oxygen atoms in total. The number of pyridine rings is 1. The van der Waals surface area contributed by atoms with Crippen molar-refractivity contribution in [2.75, 3.05) is 36.4 Å². The van der Waals surface area contributed by atoms with Gasteiger partial charge in [-0.05, 0) is 24.3 Å². The number of halogens is 1. The molecule has 0 saturated carbocycles. The number of anilines is 2. The number of amides is 2. The van der Waals surface area contributed by atoms with Crippen molar-refractivity contribution < 1.29 is 9.59 Å². The number of benzene rings is 1. The summed E-state index contributed by atoms with van der Waals surface area (Å²) in [6, 6.07) is 10.6. The minimum atomic E-state index is -0.291. The van der Waals surface area contributed by atoms with Crippen molar-refractivity contribution in [3.8, 4) is 0 Å². The predicted octanol–water partition coefficient (Wildman–Crippen LogP) is 2.66. The van der Waals surface area contributed by atoms with E-state index in [9.17, 15) is 9.59 Å². The molecule has 1 aromatic heterocycles. The first-order chi connectivity index (χ1) is 12.0. The van der Waals surface area contributed by atoms with Crippen LogP contribution < -0.4 is 10.2 Å². The third-order valence-corrected chi connectivity index (χ3v) is 4.53. The number of piperazine rings is 1. The highest BCUT2D eigenvalue weighted by Gasteiger charge is 2.19. The molecule has 0 spiro atoms. The van der Waals surface area contributed by atoms with Gasteiger partial charge in [-0.1, -0.05) is 23.7 Å². The van der Waals surface area contributed by atoms with Crippen LogP contribution in [0.15, 0.2) is 42.6 Å². The van der Waals surface area contributed by atoms with Crippen LogP contribution >= 0.6 is 11.6 Å². The number of carbonyl (C=O) groups is 2. The summed E-state index contributed by atoms with van der Waals surface area (Å²) >= 11 is 6.03. The molecule has 2 amide bonds. The van der Waals surface area contributed by atoms with E-state index in [-0.39, 0.29) is 11.8 Å². The lowest BCUT2D eigenvalue weighted by molar-refractivity contribution is -0.129. The first-order valence-electron chi connectivity index (χ1n) is 8.07. The molecule has 130 valence electrons. The summed E-state index contributed by atoms with van der Waals surface area (Å²) < 4.78 is 0. The summed E-state index contributed by atoms with van der Waals surface area (Å²) in [6.45, 7) is 4.55. The molecule has 0 unspecified atom stereocenters. The van der Waals surface area contributed by atoms with Gasteiger partial charge in [-0.15, -0.1) is 0 Å². The average molecular weight is 359 g/mol. The molecule has 2 heterocycles. The molecule has 1 N–H and O–H groups in total. The van der Waals surface area contributed by atoms with E-state index >= 15 is 0 Å². The Balaban J connectivity index is 1.62. The normalized spacial score (nSPS) is 14.3. The van der Waals surface area contributed by atoms with E-state index in [0.717, 1.165) is 18.8 Å². The molecule has 1 saturated heterocycles. The summed E-state index contributed by atoms with van der Waals surface area (Å²) in [5.41, 5.74) is 1.38. The van der Waals surface area contributed by atoms with Crippen LogP contribution in [-0.2, 0) is 4.79 Å². The fourth-order valence-electron chi connectivity index (χ4n) is 2.76. The van der Waals surface area contributed by atoms with Crippen molar-refractivity contribution in [1.82, 2.24) is 9.88 Å². The molecular formula is C18H19ClN4O2. The standard InChI is InChI=1S/C18H19ClN4O2/c1-13(24)22-8-10-23(11-9-22)14-6-7-17(20-12-14)21-18(25)15-4-2-3-5-16(15)19/h2-7,12H,8-11H2,1H3,(H,20,21,25). The topological polar surface area (TPSA) is 65.5 Å². The number of hydrogen-bond acceptors (Lipinski definition) is 4. The van der Waals surface area contributed by atoms with Crippen molar-refractivity contribution in [3.05, 3.63) is 53.2 Å². The molecule has 1 aromatic carbocycles. The van der Waals surface area contributed by atoms with Crippen molar-refractivity contribution in [2.24, 2.45) is 0 Å². The van der Waals surface area contributed by atoms with Gasteiger partial charge >= 0.3 is 0 Å². The zero-order valence-corrected chi connectivity index (χ0v) is 14.7. The maximum Gasteiger partial charge on any atom is 0.258 e. The van der Waals surface area contributed by atoms with Gasteiger partial charge in [0.2, 0.25) is 5.91 Å². The Labute approximate surface area is 151 Å². The Morgan fingerprint density at radius 2 is 1.80 bits per heavy atom. The number of carbonyl (C=O) groups excluding carboxylic acids is 2. The van der Waals surface area contributed by atoms with Gasteiger partial charge in [0.05, 0.1) is 22.5 Å². The van der Waals surface area contributed by atoms with Gasteiger partial charge in [0, 0.05) is 33.1 Å². The lowest BCUT2D eigenvalue weighted by Gasteiger charge is -2.35. The van der Waals surface area contributed by atoms with Crippen molar-refractivity contribution >= 4 is 34.9 Å². The minimum absolute atomic E-state index is 0.107. The second-order valence-corrected chi connectivity index (χ2v) is 6.24. The molecule has 2 aromatic rings. The molecule has 0 aliphatic carbocycles. The van der Waals surface area contributed by atoms with E-state index in [2.05, 4.69) is 15.2 Å². The summed E-state index contributed by atoms with van der Waals surface area (Å²) in [4.78, 5) is 31.9. The van der Waals surface area contributed by atoms with Crippen LogP contribution in [0, 0.1) is 0 Å². The van der Waals surface area contributed by atoms with Gasteiger partial charge in [-0.2, -0.15) is 0 Å². The number of nitrogens with one attached hydrogen (secondary N) is 1. The van der Waals surface area contributed by atoms with Gasteiger partial charge in [0.15, 0.2) is 0 Å². The lowest BCUT2D eigenvalue weighted by Crippen LogP contribution is -2.48. The van der Waals surface area contributed by atoms with Crippen LogP contribution in [0.25, 0.3) is 0 Å². The Hall–Kier alpha value is -2.60. The summed E-state index contributed by atoms with van der Waals surface area (Å²) in [6.07, 6.45) is 1.73. The third kappa shape index (κ3) is 4.09. The largest absolute Gasteiger partial charge is 0.367 e. The number of hydrogen-bond donors (Lipinski definition) is 1. The Morgan fingerprint density at radius 1 is 1.08 bits per heavy atom. The van der Waals surface area contributed by atoms with Crippen molar-refractivity contribution in [1.29, 1.82) is 0 Å². The minimum Gasteiger partial charge on any atom is -0.367 e. The molecule has 25 heavy (non-hydrogen) atoms. The quantitative estimate of drug-likeness (QED) is 0.916. The molecule has 7 heteroatoms. The third-order valence-electron chi connectivity index (χ3n) is 4.20. The maximum absolute atomic E-state index is 12.2. The maximum atomic E-state index is 12.2. The molecule has 3 rings (SSSR count). The second-order valence-electron chi connectivity index (χ2n) is 5.83. The highest BCUT2D eigenvalue weighted by Crippen LogP contribution is 2.19. The molecular weight excluding hydrogens is 340 g/mol.